The van der Waals surface area contributed by atoms with Gasteiger partial charge in [0.2, 0.25) is 0 Å². The monoisotopic (exact) mass is 465 g/mol. The zero-order valence-electron chi connectivity index (χ0n) is 19.8. The minimum Gasteiger partial charge on any atom is -0.497 e. The van der Waals surface area contributed by atoms with Crippen LogP contribution >= 0.6 is 0 Å². The standard InChI is InChI=1S/C25H31N5O4/c1-4-14-34-21-11-8-17(15-20(21)28-5-2)30-13-12-19(22(26)24(27)31)23(25(30)32)29-16-6-9-18(33-3)10-7-16/h6-11,15,28H,4-5,12-14,26H2,1-3H3,(H2,27,31). The first-order valence-electron chi connectivity index (χ1n) is 11.2. The van der Waals surface area contributed by atoms with Gasteiger partial charge >= 0.3 is 0 Å². The van der Waals surface area contributed by atoms with Crippen molar-refractivity contribution < 1.29 is 19.1 Å². The molecule has 180 valence electrons. The third kappa shape index (κ3) is 5.48. The first-order chi connectivity index (χ1) is 16.4. The zero-order valence-corrected chi connectivity index (χ0v) is 19.8. The van der Waals surface area contributed by atoms with Crippen LogP contribution in [-0.4, -0.2) is 44.3 Å². The summed E-state index contributed by atoms with van der Waals surface area (Å²) in [5, 5.41) is 3.29. The molecule has 0 spiro atoms. The third-order valence-electron chi connectivity index (χ3n) is 5.33. The molecule has 34 heavy (non-hydrogen) atoms. The second-order valence-electron chi connectivity index (χ2n) is 7.68. The van der Waals surface area contributed by atoms with Crippen LogP contribution in [0.3, 0.4) is 0 Å². The van der Waals surface area contributed by atoms with E-state index < -0.39 is 5.91 Å². The molecule has 1 fully saturated rings. The SMILES string of the molecule is CCCOc1ccc(N2CCC(=C(N)C(N)=O)C(=Nc3ccc(OC)cc3)C2=O)cc1NCC. The van der Waals surface area contributed by atoms with Crippen LogP contribution in [0.15, 0.2) is 58.7 Å². The van der Waals surface area contributed by atoms with Gasteiger partial charge in [0.25, 0.3) is 11.8 Å². The van der Waals surface area contributed by atoms with Gasteiger partial charge in [-0.1, -0.05) is 6.92 Å². The predicted octanol–water partition coefficient (Wildman–Crippen LogP) is 3.12. The van der Waals surface area contributed by atoms with Gasteiger partial charge in [0.05, 0.1) is 25.1 Å². The van der Waals surface area contributed by atoms with Gasteiger partial charge in [-0.2, -0.15) is 0 Å². The van der Waals surface area contributed by atoms with Crippen molar-refractivity contribution in [1.82, 2.24) is 0 Å². The van der Waals surface area contributed by atoms with Crippen molar-refractivity contribution in [2.45, 2.75) is 26.7 Å². The number of primary amides is 1. The molecule has 1 saturated heterocycles. The normalized spacial score (nSPS) is 16.4. The smallest absolute Gasteiger partial charge is 0.277 e. The zero-order chi connectivity index (χ0) is 24.7. The summed E-state index contributed by atoms with van der Waals surface area (Å²) in [6.07, 6.45) is 1.22. The highest BCUT2D eigenvalue weighted by Crippen LogP contribution is 2.33. The summed E-state index contributed by atoms with van der Waals surface area (Å²) in [6.45, 7) is 5.65. The average molecular weight is 466 g/mol. The highest BCUT2D eigenvalue weighted by molar-refractivity contribution is 6.51. The molecule has 3 rings (SSSR count). The molecule has 2 aromatic carbocycles. The van der Waals surface area contributed by atoms with Crippen LogP contribution in [0, 0.1) is 0 Å². The van der Waals surface area contributed by atoms with Crippen molar-refractivity contribution in [3.8, 4) is 11.5 Å². The summed E-state index contributed by atoms with van der Waals surface area (Å²) in [7, 11) is 1.57. The lowest BCUT2D eigenvalue weighted by atomic mass is 9.97. The Morgan fingerprint density at radius 2 is 1.88 bits per heavy atom. The third-order valence-corrected chi connectivity index (χ3v) is 5.33. The number of carbonyl (C=O) groups excluding carboxylic acids is 2. The summed E-state index contributed by atoms with van der Waals surface area (Å²) in [4.78, 5) is 31.5. The molecule has 1 heterocycles. The second-order valence-corrected chi connectivity index (χ2v) is 7.68. The van der Waals surface area contributed by atoms with E-state index in [1.54, 1.807) is 36.3 Å². The molecule has 2 amide bonds. The summed E-state index contributed by atoms with van der Waals surface area (Å²) >= 11 is 0. The number of aliphatic imine (C=N–C) groups is 1. The molecular weight excluding hydrogens is 434 g/mol. The number of carbonyl (C=O) groups is 2. The lowest BCUT2D eigenvalue weighted by Gasteiger charge is -2.30. The van der Waals surface area contributed by atoms with Crippen LogP contribution in [-0.2, 0) is 9.59 Å². The number of benzene rings is 2. The van der Waals surface area contributed by atoms with E-state index in [9.17, 15) is 9.59 Å². The molecule has 2 aromatic rings. The van der Waals surface area contributed by atoms with Crippen molar-refractivity contribution in [3.05, 3.63) is 53.7 Å². The van der Waals surface area contributed by atoms with Gasteiger partial charge in [0.1, 0.15) is 22.9 Å². The van der Waals surface area contributed by atoms with E-state index in [0.717, 1.165) is 17.9 Å². The maximum Gasteiger partial charge on any atom is 0.277 e. The van der Waals surface area contributed by atoms with Crippen LogP contribution in [0.2, 0.25) is 0 Å². The predicted molar refractivity (Wildman–Crippen MR) is 134 cm³/mol. The lowest BCUT2D eigenvalue weighted by molar-refractivity contribution is -0.114. The fraction of sp³-hybridized carbons (Fsp3) is 0.320. The Balaban J connectivity index is 2.02. The number of ether oxygens (including phenoxy) is 2. The van der Waals surface area contributed by atoms with Crippen LogP contribution in [0.1, 0.15) is 26.7 Å². The molecule has 0 aliphatic carbocycles. The topological polar surface area (TPSA) is 132 Å². The molecule has 9 nitrogen and oxygen atoms in total. The minimum absolute atomic E-state index is 0.0871. The number of hydrogen-bond donors (Lipinski definition) is 3. The fourth-order valence-electron chi connectivity index (χ4n) is 3.61. The quantitative estimate of drug-likeness (QED) is 0.488. The van der Waals surface area contributed by atoms with Crippen LogP contribution in [0.4, 0.5) is 17.1 Å². The average Bonchev–Trinajstić information content (AvgIpc) is 2.84. The van der Waals surface area contributed by atoms with Crippen molar-refractivity contribution in [1.29, 1.82) is 0 Å². The molecule has 0 aromatic heterocycles. The van der Waals surface area contributed by atoms with E-state index in [4.69, 9.17) is 20.9 Å². The largest absolute Gasteiger partial charge is 0.497 e. The first-order valence-corrected chi connectivity index (χ1v) is 11.2. The van der Waals surface area contributed by atoms with Gasteiger partial charge in [-0.25, -0.2) is 4.99 Å². The molecule has 0 unspecified atom stereocenters. The number of nitrogens with two attached hydrogens (primary N) is 2. The highest BCUT2D eigenvalue weighted by Gasteiger charge is 2.32. The van der Waals surface area contributed by atoms with Crippen molar-refractivity contribution in [3.63, 3.8) is 0 Å². The molecule has 5 N–H and O–H groups in total. The number of anilines is 2. The Kier molecular flexibility index (Phi) is 8.13. The number of nitrogens with zero attached hydrogens (tertiary/aromatic N) is 2. The summed E-state index contributed by atoms with van der Waals surface area (Å²) in [5.74, 6) is 0.230. The highest BCUT2D eigenvalue weighted by atomic mass is 16.5. The van der Waals surface area contributed by atoms with Gasteiger partial charge in [-0.05, 0) is 62.2 Å². The van der Waals surface area contributed by atoms with E-state index in [2.05, 4.69) is 10.3 Å². The van der Waals surface area contributed by atoms with Gasteiger partial charge in [-0.15, -0.1) is 0 Å². The van der Waals surface area contributed by atoms with Crippen LogP contribution in [0.25, 0.3) is 0 Å². The van der Waals surface area contributed by atoms with E-state index in [1.807, 2.05) is 32.0 Å². The van der Waals surface area contributed by atoms with Crippen molar-refractivity contribution in [2.75, 3.05) is 37.0 Å². The van der Waals surface area contributed by atoms with Crippen molar-refractivity contribution in [2.24, 2.45) is 16.5 Å². The summed E-state index contributed by atoms with van der Waals surface area (Å²) in [5.41, 5.74) is 13.7. The maximum absolute atomic E-state index is 13.6. The van der Waals surface area contributed by atoms with E-state index in [1.165, 1.54) is 0 Å². The van der Waals surface area contributed by atoms with Gasteiger partial charge in [0.15, 0.2) is 0 Å². The molecule has 0 saturated carbocycles. The van der Waals surface area contributed by atoms with Gasteiger partial charge < -0.3 is 31.2 Å². The van der Waals surface area contributed by atoms with Crippen molar-refractivity contribution >= 4 is 34.6 Å². The van der Waals surface area contributed by atoms with E-state index >= 15 is 0 Å². The minimum atomic E-state index is -0.787. The van der Waals surface area contributed by atoms with Crippen LogP contribution < -0.4 is 31.2 Å². The Hall–Kier alpha value is -4.01. The summed E-state index contributed by atoms with van der Waals surface area (Å²) in [6, 6.07) is 12.5. The van der Waals surface area contributed by atoms with Gasteiger partial charge in [0, 0.05) is 24.4 Å². The Morgan fingerprint density at radius 1 is 1.15 bits per heavy atom. The molecule has 9 heteroatoms. The van der Waals surface area contributed by atoms with Crippen LogP contribution in [0.5, 0.6) is 11.5 Å². The Labute approximate surface area is 199 Å². The Bertz CT molecular complexity index is 1110. The Morgan fingerprint density at radius 3 is 2.50 bits per heavy atom. The van der Waals surface area contributed by atoms with Gasteiger partial charge in [-0.3, -0.25) is 9.59 Å². The number of methoxy groups -OCH3 is 1. The second kappa shape index (κ2) is 11.2. The molecule has 0 bridgehead atoms. The molecule has 0 radical (unpaired) electrons. The number of rotatable bonds is 9. The molecule has 0 atom stereocenters. The lowest BCUT2D eigenvalue weighted by Crippen LogP contribution is -2.44. The number of hydrogen-bond acceptors (Lipinski definition) is 7. The van der Waals surface area contributed by atoms with E-state index in [-0.39, 0.29) is 17.3 Å². The molecule has 1 aliphatic heterocycles. The first kappa shape index (κ1) is 24.6. The van der Waals surface area contributed by atoms with E-state index in [0.29, 0.717) is 48.8 Å². The summed E-state index contributed by atoms with van der Waals surface area (Å²) < 4.78 is 11.0. The fourth-order valence-corrected chi connectivity index (χ4v) is 3.61. The maximum atomic E-state index is 13.6. The number of nitrogens with one attached hydrogen (secondary N) is 1. The molecule has 1 aliphatic rings. The number of amides is 2. The molecular formula is C25H31N5O4. The number of piperidine rings is 1.